The molecule has 0 aliphatic carbocycles. The van der Waals surface area contributed by atoms with E-state index >= 15 is 0 Å². The van der Waals surface area contributed by atoms with Crippen LogP contribution in [0.25, 0.3) is 0 Å². The largest absolute Gasteiger partial charge is 0.489 e. The SMILES string of the molecule is O=C(Nc1cnn(Cc2ccccc2F)c1)c1cc(COc2cccc(F)c2)cs1. The number of anilines is 1. The molecular formula is C22H17F2N3O2S. The summed E-state index contributed by atoms with van der Waals surface area (Å²) in [6.07, 6.45) is 3.16. The average molecular weight is 425 g/mol. The maximum absolute atomic E-state index is 13.8. The zero-order valence-corrected chi connectivity index (χ0v) is 16.5. The van der Waals surface area contributed by atoms with Crippen molar-refractivity contribution in [1.82, 2.24) is 9.78 Å². The summed E-state index contributed by atoms with van der Waals surface area (Å²) in [7, 11) is 0. The van der Waals surface area contributed by atoms with Gasteiger partial charge in [0.2, 0.25) is 0 Å². The van der Waals surface area contributed by atoms with E-state index in [-0.39, 0.29) is 30.7 Å². The molecule has 2 aromatic heterocycles. The third kappa shape index (κ3) is 4.90. The molecule has 0 fully saturated rings. The fourth-order valence-corrected chi connectivity index (χ4v) is 3.59. The van der Waals surface area contributed by atoms with Gasteiger partial charge >= 0.3 is 0 Å². The van der Waals surface area contributed by atoms with Crippen LogP contribution in [0.3, 0.4) is 0 Å². The Balaban J connectivity index is 1.34. The molecule has 4 rings (SSSR count). The van der Waals surface area contributed by atoms with E-state index in [0.29, 0.717) is 21.9 Å². The van der Waals surface area contributed by atoms with E-state index in [9.17, 15) is 13.6 Å². The Morgan fingerprint density at radius 3 is 2.83 bits per heavy atom. The van der Waals surface area contributed by atoms with Crippen LogP contribution in [0.2, 0.25) is 0 Å². The van der Waals surface area contributed by atoms with Crippen molar-refractivity contribution in [3.63, 3.8) is 0 Å². The first-order valence-electron chi connectivity index (χ1n) is 9.10. The average Bonchev–Trinajstić information content (AvgIpc) is 3.38. The molecule has 4 aromatic rings. The molecule has 2 aromatic carbocycles. The number of thiophene rings is 1. The molecule has 152 valence electrons. The molecule has 5 nitrogen and oxygen atoms in total. The van der Waals surface area contributed by atoms with Crippen molar-refractivity contribution in [2.24, 2.45) is 0 Å². The Kier molecular flexibility index (Phi) is 5.85. The predicted octanol–water partition coefficient (Wildman–Crippen LogP) is 5.10. The number of hydrogen-bond acceptors (Lipinski definition) is 4. The third-order valence-corrected chi connectivity index (χ3v) is 5.24. The molecule has 30 heavy (non-hydrogen) atoms. The van der Waals surface area contributed by atoms with Crippen molar-refractivity contribution in [3.8, 4) is 5.75 Å². The second-order valence-electron chi connectivity index (χ2n) is 6.54. The zero-order valence-electron chi connectivity index (χ0n) is 15.7. The predicted molar refractivity (Wildman–Crippen MR) is 111 cm³/mol. The van der Waals surface area contributed by atoms with Gasteiger partial charge in [0, 0.05) is 23.4 Å². The van der Waals surface area contributed by atoms with Gasteiger partial charge in [-0.3, -0.25) is 9.48 Å². The highest BCUT2D eigenvalue weighted by molar-refractivity contribution is 7.12. The van der Waals surface area contributed by atoms with Crippen molar-refractivity contribution >= 4 is 22.9 Å². The molecule has 0 aliphatic heterocycles. The molecule has 0 unspecified atom stereocenters. The summed E-state index contributed by atoms with van der Waals surface area (Å²) in [5.41, 5.74) is 1.84. The number of carbonyl (C=O) groups is 1. The number of halogens is 2. The van der Waals surface area contributed by atoms with Gasteiger partial charge in [0.15, 0.2) is 0 Å². The molecule has 1 N–H and O–H groups in total. The summed E-state index contributed by atoms with van der Waals surface area (Å²) in [5.74, 6) is -0.518. The molecule has 0 aliphatic rings. The van der Waals surface area contributed by atoms with Crippen molar-refractivity contribution in [1.29, 1.82) is 0 Å². The fourth-order valence-electron chi connectivity index (χ4n) is 2.80. The maximum Gasteiger partial charge on any atom is 0.265 e. The lowest BCUT2D eigenvalue weighted by atomic mass is 10.2. The van der Waals surface area contributed by atoms with Gasteiger partial charge in [-0.05, 0) is 29.6 Å². The van der Waals surface area contributed by atoms with Gasteiger partial charge < -0.3 is 10.1 Å². The number of carbonyl (C=O) groups excluding carboxylic acids is 1. The molecule has 8 heteroatoms. The van der Waals surface area contributed by atoms with E-state index < -0.39 is 0 Å². The number of hydrogen-bond donors (Lipinski definition) is 1. The van der Waals surface area contributed by atoms with Crippen molar-refractivity contribution in [2.45, 2.75) is 13.2 Å². The van der Waals surface area contributed by atoms with Gasteiger partial charge in [-0.2, -0.15) is 5.10 Å². The highest BCUT2D eigenvalue weighted by Crippen LogP contribution is 2.20. The topological polar surface area (TPSA) is 56.2 Å². The third-order valence-electron chi connectivity index (χ3n) is 4.26. The summed E-state index contributed by atoms with van der Waals surface area (Å²) in [6.45, 7) is 0.497. The van der Waals surface area contributed by atoms with Gasteiger partial charge in [-0.15, -0.1) is 11.3 Å². The summed E-state index contributed by atoms with van der Waals surface area (Å²) in [4.78, 5) is 13.0. The van der Waals surface area contributed by atoms with Crippen LogP contribution in [0.1, 0.15) is 20.8 Å². The minimum Gasteiger partial charge on any atom is -0.489 e. The zero-order chi connectivity index (χ0) is 20.9. The minimum absolute atomic E-state index is 0.230. The monoisotopic (exact) mass is 425 g/mol. The van der Waals surface area contributed by atoms with Crippen LogP contribution in [0.5, 0.6) is 5.75 Å². The van der Waals surface area contributed by atoms with Crippen LogP contribution in [0.15, 0.2) is 72.4 Å². The molecule has 1 amide bonds. The summed E-state index contributed by atoms with van der Waals surface area (Å²) in [6, 6.07) is 14.1. The number of benzene rings is 2. The van der Waals surface area contributed by atoms with Crippen molar-refractivity contribution in [2.75, 3.05) is 5.32 Å². The lowest BCUT2D eigenvalue weighted by molar-refractivity contribution is 0.103. The first-order chi connectivity index (χ1) is 14.6. The normalized spacial score (nSPS) is 10.7. The van der Waals surface area contributed by atoms with Crippen LogP contribution < -0.4 is 10.1 Å². The van der Waals surface area contributed by atoms with Crippen LogP contribution in [-0.4, -0.2) is 15.7 Å². The second kappa shape index (κ2) is 8.87. The molecule has 0 saturated heterocycles. The highest BCUT2D eigenvalue weighted by atomic mass is 32.1. The molecule has 0 atom stereocenters. The number of nitrogens with one attached hydrogen (secondary N) is 1. The summed E-state index contributed by atoms with van der Waals surface area (Å²) < 4.78 is 34.1. The molecule has 0 bridgehead atoms. The molecule has 0 radical (unpaired) electrons. The van der Waals surface area contributed by atoms with E-state index in [2.05, 4.69) is 10.4 Å². The lowest BCUT2D eigenvalue weighted by Gasteiger charge is -2.04. The highest BCUT2D eigenvalue weighted by Gasteiger charge is 2.12. The Morgan fingerprint density at radius 1 is 1.13 bits per heavy atom. The van der Waals surface area contributed by atoms with E-state index in [1.807, 2.05) is 5.38 Å². The van der Waals surface area contributed by atoms with Crippen molar-refractivity contribution < 1.29 is 18.3 Å². The molecular weight excluding hydrogens is 408 g/mol. The van der Waals surface area contributed by atoms with Gasteiger partial charge in [-0.1, -0.05) is 24.3 Å². The number of amides is 1. The Labute approximate surface area is 175 Å². The van der Waals surface area contributed by atoms with Gasteiger partial charge in [-0.25, -0.2) is 8.78 Å². The summed E-state index contributed by atoms with van der Waals surface area (Å²) >= 11 is 1.28. The van der Waals surface area contributed by atoms with Gasteiger partial charge in [0.1, 0.15) is 24.0 Å². The molecule has 0 saturated carbocycles. The molecule has 2 heterocycles. The Hall–Kier alpha value is -3.52. The Bertz CT molecular complexity index is 1170. The minimum atomic E-state index is -0.367. The number of aromatic nitrogens is 2. The number of nitrogens with zero attached hydrogens (tertiary/aromatic N) is 2. The van der Waals surface area contributed by atoms with Gasteiger partial charge in [0.05, 0.1) is 23.3 Å². The first-order valence-corrected chi connectivity index (χ1v) is 9.98. The van der Waals surface area contributed by atoms with Crippen LogP contribution in [0.4, 0.5) is 14.5 Å². The van der Waals surface area contributed by atoms with Crippen LogP contribution in [-0.2, 0) is 13.2 Å². The van der Waals surface area contributed by atoms with E-state index in [4.69, 9.17) is 4.74 Å². The smallest absolute Gasteiger partial charge is 0.265 e. The lowest BCUT2D eigenvalue weighted by Crippen LogP contribution is -2.09. The molecule has 0 spiro atoms. The van der Waals surface area contributed by atoms with E-state index in [0.717, 1.165) is 5.56 Å². The van der Waals surface area contributed by atoms with Crippen molar-refractivity contribution in [3.05, 3.63) is 100 Å². The van der Waals surface area contributed by atoms with E-state index in [1.165, 1.54) is 35.7 Å². The number of rotatable bonds is 7. The quantitative estimate of drug-likeness (QED) is 0.448. The first kappa shape index (κ1) is 19.8. The number of ether oxygens (including phenoxy) is 1. The van der Waals surface area contributed by atoms with Crippen LogP contribution >= 0.6 is 11.3 Å². The van der Waals surface area contributed by atoms with Crippen LogP contribution in [0, 0.1) is 11.6 Å². The maximum atomic E-state index is 13.8. The second-order valence-corrected chi connectivity index (χ2v) is 7.45. The van der Waals surface area contributed by atoms with Gasteiger partial charge in [0.25, 0.3) is 5.91 Å². The standard InChI is InChI=1S/C22H17F2N3O2S/c23-17-5-3-6-19(9-17)29-13-15-8-21(30-14-15)22(28)26-18-10-25-27(12-18)11-16-4-1-2-7-20(16)24/h1-10,12,14H,11,13H2,(H,26,28). The summed E-state index contributed by atoms with van der Waals surface area (Å²) in [5, 5.41) is 8.76. The Morgan fingerprint density at radius 2 is 2.00 bits per heavy atom. The van der Waals surface area contributed by atoms with E-state index in [1.54, 1.807) is 47.3 Å². The fraction of sp³-hybridized carbons (Fsp3) is 0.0909.